The maximum Gasteiger partial charge on any atom is 0.397 e. The Balaban J connectivity index is 2.76. The maximum atomic E-state index is 12.8. The Morgan fingerprint density at radius 2 is 2.19 bits per heavy atom. The molecule has 1 aromatic carbocycles. The number of hydrogen-bond acceptors (Lipinski definition) is 4. The summed E-state index contributed by atoms with van der Waals surface area (Å²) in [7, 11) is 0. The van der Waals surface area contributed by atoms with Gasteiger partial charge in [-0.25, -0.2) is 9.18 Å². The van der Waals surface area contributed by atoms with Crippen molar-refractivity contribution >= 4 is 23.3 Å². The fraction of sp³-hybridized carbons (Fsp3) is 0.200. The van der Waals surface area contributed by atoms with E-state index in [0.29, 0.717) is 0 Å². The van der Waals surface area contributed by atoms with Crippen LogP contribution in [0.4, 0.5) is 15.8 Å². The summed E-state index contributed by atoms with van der Waals surface area (Å²) in [5.41, 5.74) is 5.68. The summed E-state index contributed by atoms with van der Waals surface area (Å²) in [5.74, 6) is -2.58. The van der Waals surface area contributed by atoms with E-state index in [9.17, 15) is 14.0 Å². The number of carbonyl (C=O) groups excluding carboxylic acids is 2. The van der Waals surface area contributed by atoms with Crippen molar-refractivity contribution in [1.82, 2.24) is 0 Å². The zero-order valence-electron chi connectivity index (χ0n) is 8.62. The molecule has 0 aliphatic carbocycles. The van der Waals surface area contributed by atoms with Crippen LogP contribution >= 0.6 is 0 Å². The summed E-state index contributed by atoms with van der Waals surface area (Å²) >= 11 is 0. The highest BCUT2D eigenvalue weighted by Crippen LogP contribution is 2.18. The van der Waals surface area contributed by atoms with Crippen LogP contribution in [-0.4, -0.2) is 18.5 Å². The topological polar surface area (TPSA) is 81.4 Å². The third-order valence-corrected chi connectivity index (χ3v) is 1.72. The van der Waals surface area contributed by atoms with Gasteiger partial charge in [-0.3, -0.25) is 4.79 Å². The first-order valence-electron chi connectivity index (χ1n) is 4.57. The minimum Gasteiger partial charge on any atom is -0.459 e. The minimum absolute atomic E-state index is 0.0399. The van der Waals surface area contributed by atoms with Crippen molar-refractivity contribution < 1.29 is 18.7 Å². The molecule has 0 unspecified atom stereocenters. The summed E-state index contributed by atoms with van der Waals surface area (Å²) in [5, 5.41) is 2.16. The van der Waals surface area contributed by atoms with Crippen LogP contribution in [-0.2, 0) is 14.3 Å². The monoisotopic (exact) mass is 226 g/mol. The van der Waals surface area contributed by atoms with Crippen molar-refractivity contribution in [2.24, 2.45) is 0 Å². The van der Waals surface area contributed by atoms with Gasteiger partial charge < -0.3 is 15.8 Å². The Bertz CT molecular complexity index is 421. The van der Waals surface area contributed by atoms with E-state index in [2.05, 4.69) is 10.1 Å². The van der Waals surface area contributed by atoms with E-state index < -0.39 is 17.7 Å². The maximum absolute atomic E-state index is 12.8. The molecule has 0 aromatic heterocycles. The number of anilines is 2. The number of ether oxygens (including phenoxy) is 1. The molecule has 0 spiro atoms. The first kappa shape index (κ1) is 12.0. The third-order valence-electron chi connectivity index (χ3n) is 1.72. The van der Waals surface area contributed by atoms with Gasteiger partial charge in [0.1, 0.15) is 5.82 Å². The third kappa shape index (κ3) is 2.94. The molecule has 0 heterocycles. The number of amides is 1. The van der Waals surface area contributed by atoms with E-state index in [1.54, 1.807) is 6.92 Å². The van der Waals surface area contributed by atoms with Gasteiger partial charge in [0.15, 0.2) is 0 Å². The predicted octanol–water partition coefficient (Wildman–Crippen LogP) is 0.910. The van der Waals surface area contributed by atoms with Crippen LogP contribution in [0, 0.1) is 5.82 Å². The average Bonchev–Trinajstić information content (AvgIpc) is 2.23. The number of nitrogen functional groups attached to an aromatic ring is 1. The lowest BCUT2D eigenvalue weighted by Crippen LogP contribution is -2.25. The van der Waals surface area contributed by atoms with Gasteiger partial charge in [0.25, 0.3) is 0 Å². The number of nitrogens with one attached hydrogen (secondary N) is 1. The van der Waals surface area contributed by atoms with Gasteiger partial charge in [-0.2, -0.15) is 0 Å². The molecule has 0 aliphatic rings. The van der Waals surface area contributed by atoms with E-state index in [-0.39, 0.29) is 18.0 Å². The molecule has 0 saturated heterocycles. The van der Waals surface area contributed by atoms with E-state index in [4.69, 9.17) is 5.73 Å². The molecule has 3 N–H and O–H groups in total. The van der Waals surface area contributed by atoms with Crippen LogP contribution in [0.15, 0.2) is 18.2 Å². The second kappa shape index (κ2) is 5.11. The molecule has 0 fully saturated rings. The number of nitrogens with two attached hydrogens (primary N) is 1. The molecule has 0 atom stereocenters. The Morgan fingerprint density at radius 3 is 2.81 bits per heavy atom. The Hall–Kier alpha value is -2.11. The predicted molar refractivity (Wildman–Crippen MR) is 56.1 cm³/mol. The Kier molecular flexibility index (Phi) is 3.82. The zero-order valence-corrected chi connectivity index (χ0v) is 8.62. The summed E-state index contributed by atoms with van der Waals surface area (Å²) in [6.07, 6.45) is 0. The highest BCUT2D eigenvalue weighted by atomic mass is 19.1. The standard InChI is InChI=1S/C10H11FN2O3/c1-2-16-10(15)9(14)13-8-5-6(11)3-4-7(8)12/h3-5H,2,12H2,1H3,(H,13,14). The van der Waals surface area contributed by atoms with Gasteiger partial charge in [0, 0.05) is 0 Å². The first-order valence-corrected chi connectivity index (χ1v) is 4.57. The van der Waals surface area contributed by atoms with E-state index in [0.717, 1.165) is 12.1 Å². The number of hydrogen-bond donors (Lipinski definition) is 2. The van der Waals surface area contributed by atoms with E-state index >= 15 is 0 Å². The molecule has 0 aliphatic heterocycles. The highest BCUT2D eigenvalue weighted by molar-refractivity contribution is 6.37. The fourth-order valence-electron chi connectivity index (χ4n) is 1.01. The van der Waals surface area contributed by atoms with Crippen LogP contribution in [0.25, 0.3) is 0 Å². The summed E-state index contributed by atoms with van der Waals surface area (Å²) < 4.78 is 17.3. The molecular weight excluding hydrogens is 215 g/mol. The van der Waals surface area contributed by atoms with Gasteiger partial charge in [-0.15, -0.1) is 0 Å². The van der Waals surface area contributed by atoms with E-state index in [1.807, 2.05) is 0 Å². The van der Waals surface area contributed by atoms with Crippen LogP contribution in [0.3, 0.4) is 0 Å². The van der Waals surface area contributed by atoms with Gasteiger partial charge in [0.2, 0.25) is 0 Å². The Labute approximate surface area is 91.4 Å². The van der Waals surface area contributed by atoms with E-state index in [1.165, 1.54) is 6.07 Å². The number of benzene rings is 1. The second-order valence-electron chi connectivity index (χ2n) is 2.91. The van der Waals surface area contributed by atoms with Crippen molar-refractivity contribution in [3.8, 4) is 0 Å². The second-order valence-corrected chi connectivity index (χ2v) is 2.91. The number of carbonyl (C=O) groups is 2. The van der Waals surface area contributed by atoms with Crippen LogP contribution in [0.2, 0.25) is 0 Å². The minimum atomic E-state index is -1.04. The Morgan fingerprint density at radius 1 is 1.50 bits per heavy atom. The zero-order chi connectivity index (χ0) is 12.1. The largest absolute Gasteiger partial charge is 0.459 e. The fourth-order valence-corrected chi connectivity index (χ4v) is 1.01. The van der Waals surface area contributed by atoms with Crippen LogP contribution in [0.1, 0.15) is 6.92 Å². The summed E-state index contributed by atoms with van der Waals surface area (Å²) in [6, 6.07) is 3.46. The molecule has 16 heavy (non-hydrogen) atoms. The first-order chi connectivity index (χ1) is 7.54. The molecule has 1 amide bonds. The smallest absolute Gasteiger partial charge is 0.397 e. The van der Waals surface area contributed by atoms with Crippen molar-refractivity contribution in [3.63, 3.8) is 0 Å². The molecule has 5 nitrogen and oxygen atoms in total. The molecule has 6 heteroatoms. The highest BCUT2D eigenvalue weighted by Gasteiger charge is 2.16. The van der Waals surface area contributed by atoms with Crippen molar-refractivity contribution in [3.05, 3.63) is 24.0 Å². The van der Waals surface area contributed by atoms with Crippen molar-refractivity contribution in [2.75, 3.05) is 17.7 Å². The van der Waals surface area contributed by atoms with Crippen molar-refractivity contribution in [2.45, 2.75) is 6.92 Å². The lowest BCUT2D eigenvalue weighted by Gasteiger charge is -2.07. The molecule has 1 aromatic rings. The van der Waals surface area contributed by atoms with Crippen LogP contribution < -0.4 is 11.1 Å². The molecular formula is C10H11FN2O3. The average molecular weight is 226 g/mol. The molecule has 0 radical (unpaired) electrons. The van der Waals surface area contributed by atoms with Gasteiger partial charge in [-0.05, 0) is 25.1 Å². The lowest BCUT2D eigenvalue weighted by molar-refractivity contribution is -0.152. The molecule has 0 bridgehead atoms. The number of rotatable bonds is 2. The van der Waals surface area contributed by atoms with Crippen LogP contribution in [0.5, 0.6) is 0 Å². The van der Waals surface area contributed by atoms with Gasteiger partial charge in [-0.1, -0.05) is 0 Å². The summed E-state index contributed by atoms with van der Waals surface area (Å²) in [4.78, 5) is 22.2. The summed E-state index contributed by atoms with van der Waals surface area (Å²) in [6.45, 7) is 1.66. The van der Waals surface area contributed by atoms with Crippen molar-refractivity contribution in [1.29, 1.82) is 0 Å². The number of halogens is 1. The lowest BCUT2D eigenvalue weighted by atomic mass is 10.2. The molecule has 86 valence electrons. The van der Waals surface area contributed by atoms with Gasteiger partial charge in [0.05, 0.1) is 18.0 Å². The molecule has 1 rings (SSSR count). The normalized spacial score (nSPS) is 9.62. The van der Waals surface area contributed by atoms with Gasteiger partial charge >= 0.3 is 11.9 Å². The molecule has 0 saturated carbocycles. The number of esters is 1. The quantitative estimate of drug-likeness (QED) is 0.446. The SMILES string of the molecule is CCOC(=O)C(=O)Nc1cc(F)ccc1N.